The number of aromatic amines is 1. The Kier molecular flexibility index (Phi) is 2.44. The lowest BCUT2D eigenvalue weighted by Crippen LogP contribution is -1.89. The maximum atomic E-state index is 13.7. The van der Waals surface area contributed by atoms with Gasteiger partial charge in [0.05, 0.1) is 18.2 Å². The Labute approximate surface area is 102 Å². The van der Waals surface area contributed by atoms with E-state index >= 15 is 0 Å². The van der Waals surface area contributed by atoms with Gasteiger partial charge >= 0.3 is 0 Å². The van der Waals surface area contributed by atoms with Crippen LogP contribution in [0.1, 0.15) is 0 Å². The van der Waals surface area contributed by atoms with Gasteiger partial charge in [0, 0.05) is 30.2 Å². The van der Waals surface area contributed by atoms with Crippen LogP contribution < -0.4 is 4.74 Å². The zero-order valence-corrected chi connectivity index (χ0v) is 9.64. The van der Waals surface area contributed by atoms with Crippen LogP contribution in [0, 0.1) is 5.82 Å². The van der Waals surface area contributed by atoms with E-state index in [0.717, 1.165) is 0 Å². The van der Waals surface area contributed by atoms with Crippen LogP contribution in [0.4, 0.5) is 4.39 Å². The predicted octanol–water partition coefficient (Wildman–Crippen LogP) is 2.77. The normalized spacial score (nSPS) is 10.8. The van der Waals surface area contributed by atoms with Crippen molar-refractivity contribution in [3.63, 3.8) is 0 Å². The smallest absolute Gasteiger partial charge is 0.150 e. The number of fused-ring (bicyclic) bond motifs is 1. The first-order chi connectivity index (χ1) is 8.79. The number of hydrogen-bond acceptors (Lipinski definition) is 3. The Morgan fingerprint density at radius 1 is 1.22 bits per heavy atom. The molecule has 0 amide bonds. The SMILES string of the molecule is COc1ccnc(-c2ccnc3[nH]cc(F)c23)c1. The molecule has 3 aromatic heterocycles. The molecule has 0 atom stereocenters. The summed E-state index contributed by atoms with van der Waals surface area (Å²) in [5, 5.41) is 0.443. The van der Waals surface area contributed by atoms with Gasteiger partial charge in [0.1, 0.15) is 11.4 Å². The summed E-state index contributed by atoms with van der Waals surface area (Å²) in [7, 11) is 1.58. The molecule has 0 aromatic carbocycles. The number of hydrogen-bond donors (Lipinski definition) is 1. The third kappa shape index (κ3) is 1.60. The lowest BCUT2D eigenvalue weighted by Gasteiger charge is -2.04. The summed E-state index contributed by atoms with van der Waals surface area (Å²) < 4.78 is 18.9. The summed E-state index contributed by atoms with van der Waals surface area (Å²) in [5.74, 6) is 0.346. The second-order valence-corrected chi connectivity index (χ2v) is 3.80. The average Bonchev–Trinajstić information content (AvgIpc) is 2.81. The second-order valence-electron chi connectivity index (χ2n) is 3.80. The van der Waals surface area contributed by atoms with E-state index in [2.05, 4.69) is 15.0 Å². The number of H-pyrrole nitrogens is 1. The molecule has 0 aliphatic rings. The first-order valence-corrected chi connectivity index (χ1v) is 5.41. The summed E-state index contributed by atoms with van der Waals surface area (Å²) in [6, 6.07) is 5.25. The van der Waals surface area contributed by atoms with Crippen LogP contribution in [0.5, 0.6) is 5.75 Å². The Morgan fingerprint density at radius 3 is 2.89 bits per heavy atom. The maximum Gasteiger partial charge on any atom is 0.150 e. The van der Waals surface area contributed by atoms with Gasteiger partial charge < -0.3 is 9.72 Å². The zero-order chi connectivity index (χ0) is 12.5. The summed E-state index contributed by atoms with van der Waals surface area (Å²) in [5.41, 5.74) is 1.85. The van der Waals surface area contributed by atoms with Gasteiger partial charge in [0.25, 0.3) is 0 Å². The molecule has 0 aliphatic carbocycles. The zero-order valence-electron chi connectivity index (χ0n) is 9.64. The minimum Gasteiger partial charge on any atom is -0.497 e. The molecule has 90 valence electrons. The van der Waals surface area contributed by atoms with Crippen LogP contribution in [0.15, 0.2) is 36.8 Å². The highest BCUT2D eigenvalue weighted by molar-refractivity contribution is 5.92. The monoisotopic (exact) mass is 243 g/mol. The van der Waals surface area contributed by atoms with Crippen molar-refractivity contribution in [3.05, 3.63) is 42.6 Å². The number of aromatic nitrogens is 3. The molecule has 0 fully saturated rings. The van der Waals surface area contributed by atoms with Gasteiger partial charge in [-0.05, 0) is 12.1 Å². The fraction of sp³-hybridized carbons (Fsp3) is 0.0769. The minimum absolute atomic E-state index is 0.335. The highest BCUT2D eigenvalue weighted by Crippen LogP contribution is 2.29. The van der Waals surface area contributed by atoms with Crippen molar-refractivity contribution in [1.82, 2.24) is 15.0 Å². The second kappa shape index (κ2) is 4.10. The summed E-state index contributed by atoms with van der Waals surface area (Å²) in [6.07, 6.45) is 4.54. The molecular formula is C13H10FN3O. The number of methoxy groups -OCH3 is 1. The molecular weight excluding hydrogens is 233 g/mol. The molecule has 3 aromatic rings. The van der Waals surface area contributed by atoms with Crippen LogP contribution in [0.2, 0.25) is 0 Å². The molecule has 0 unspecified atom stereocenters. The molecule has 0 spiro atoms. The van der Waals surface area contributed by atoms with Crippen molar-refractivity contribution in [2.24, 2.45) is 0 Å². The van der Waals surface area contributed by atoms with Gasteiger partial charge in [0.2, 0.25) is 0 Å². The van der Waals surface area contributed by atoms with E-state index in [9.17, 15) is 4.39 Å². The van der Waals surface area contributed by atoms with Gasteiger partial charge in [-0.15, -0.1) is 0 Å². The lowest BCUT2D eigenvalue weighted by atomic mass is 10.1. The van der Waals surface area contributed by atoms with Crippen LogP contribution >= 0.6 is 0 Å². The highest BCUT2D eigenvalue weighted by atomic mass is 19.1. The van der Waals surface area contributed by atoms with Gasteiger partial charge in [0.15, 0.2) is 5.82 Å². The number of halogens is 1. The number of nitrogens with zero attached hydrogens (tertiary/aromatic N) is 2. The van der Waals surface area contributed by atoms with Crippen molar-refractivity contribution in [3.8, 4) is 17.0 Å². The number of pyridine rings is 2. The Balaban J connectivity index is 2.27. The van der Waals surface area contributed by atoms with Crippen molar-refractivity contribution in [2.75, 3.05) is 7.11 Å². The third-order valence-corrected chi connectivity index (χ3v) is 2.77. The van der Waals surface area contributed by atoms with E-state index in [1.54, 1.807) is 37.7 Å². The molecule has 0 aliphatic heterocycles. The molecule has 0 radical (unpaired) electrons. The molecule has 0 saturated carbocycles. The van der Waals surface area contributed by atoms with Crippen LogP contribution in [0.3, 0.4) is 0 Å². The van der Waals surface area contributed by atoms with E-state index in [1.807, 2.05) is 0 Å². The summed E-state index contributed by atoms with van der Waals surface area (Å²) in [6.45, 7) is 0. The van der Waals surface area contributed by atoms with Crippen molar-refractivity contribution in [2.45, 2.75) is 0 Å². The van der Waals surface area contributed by atoms with Crippen molar-refractivity contribution in [1.29, 1.82) is 0 Å². The Bertz CT molecular complexity index is 708. The quantitative estimate of drug-likeness (QED) is 0.753. The Morgan fingerprint density at radius 2 is 2.06 bits per heavy atom. The van der Waals surface area contributed by atoms with Crippen molar-refractivity contribution >= 4 is 11.0 Å². The number of rotatable bonds is 2. The van der Waals surface area contributed by atoms with Crippen LogP contribution in [0.25, 0.3) is 22.3 Å². The molecule has 1 N–H and O–H groups in total. The molecule has 18 heavy (non-hydrogen) atoms. The van der Waals surface area contributed by atoms with Gasteiger partial charge in [-0.2, -0.15) is 0 Å². The van der Waals surface area contributed by atoms with Crippen LogP contribution in [-0.4, -0.2) is 22.1 Å². The van der Waals surface area contributed by atoms with Gasteiger partial charge in [-0.3, -0.25) is 4.98 Å². The Hall–Kier alpha value is -2.43. The standard InChI is InChI=1S/C13H10FN3O/c1-18-8-2-4-15-11(6-8)9-3-5-16-13-12(9)10(14)7-17-13/h2-7H,1H3,(H,16,17). The van der Waals surface area contributed by atoms with E-state index in [4.69, 9.17) is 4.74 Å². The third-order valence-electron chi connectivity index (χ3n) is 2.77. The van der Waals surface area contributed by atoms with E-state index in [1.165, 1.54) is 6.20 Å². The largest absolute Gasteiger partial charge is 0.497 e. The van der Waals surface area contributed by atoms with E-state index < -0.39 is 0 Å². The summed E-state index contributed by atoms with van der Waals surface area (Å²) in [4.78, 5) is 11.1. The first-order valence-electron chi connectivity index (χ1n) is 5.41. The van der Waals surface area contributed by atoms with Crippen LogP contribution in [-0.2, 0) is 0 Å². The molecule has 0 bridgehead atoms. The fourth-order valence-electron chi connectivity index (χ4n) is 1.92. The number of ether oxygens (including phenoxy) is 1. The summed E-state index contributed by atoms with van der Waals surface area (Å²) >= 11 is 0. The molecule has 3 heterocycles. The van der Waals surface area contributed by atoms with E-state index in [-0.39, 0.29) is 5.82 Å². The van der Waals surface area contributed by atoms with Crippen molar-refractivity contribution < 1.29 is 9.13 Å². The van der Waals surface area contributed by atoms with Gasteiger partial charge in [-0.25, -0.2) is 9.37 Å². The number of nitrogens with one attached hydrogen (secondary N) is 1. The first kappa shape index (κ1) is 10.7. The minimum atomic E-state index is -0.335. The van der Waals surface area contributed by atoms with Gasteiger partial charge in [-0.1, -0.05) is 0 Å². The maximum absolute atomic E-state index is 13.7. The topological polar surface area (TPSA) is 50.8 Å². The predicted molar refractivity (Wildman–Crippen MR) is 65.8 cm³/mol. The average molecular weight is 243 g/mol. The highest BCUT2D eigenvalue weighted by Gasteiger charge is 2.12. The van der Waals surface area contributed by atoms with E-state index in [0.29, 0.717) is 28.0 Å². The fourth-order valence-corrected chi connectivity index (χ4v) is 1.92. The molecule has 0 saturated heterocycles. The lowest BCUT2D eigenvalue weighted by molar-refractivity contribution is 0.414. The molecule has 4 nitrogen and oxygen atoms in total. The molecule has 3 rings (SSSR count). The molecule has 5 heteroatoms.